The van der Waals surface area contributed by atoms with Crippen molar-refractivity contribution in [3.63, 3.8) is 0 Å². The number of rotatable bonds is 4. The summed E-state index contributed by atoms with van der Waals surface area (Å²) in [5, 5.41) is 9.57. The van der Waals surface area contributed by atoms with Crippen molar-refractivity contribution in [2.75, 3.05) is 20.1 Å². The van der Waals surface area contributed by atoms with Crippen LogP contribution in [-0.2, 0) is 0 Å². The maximum atomic E-state index is 4.67. The molecule has 0 spiro atoms. The molecule has 1 saturated heterocycles. The van der Waals surface area contributed by atoms with Crippen molar-refractivity contribution in [3.8, 4) is 22.5 Å². The molecule has 3 aromatic rings. The fourth-order valence-electron chi connectivity index (χ4n) is 3.28. The monoisotopic (exact) mass is 365 g/mol. The molecule has 0 amide bonds. The van der Waals surface area contributed by atoms with Crippen LogP contribution in [0.5, 0.6) is 0 Å². The Balaban J connectivity index is 1.71. The largest absolute Gasteiger partial charge is 0.306 e. The second-order valence-corrected chi connectivity index (χ2v) is 8.15. The van der Waals surface area contributed by atoms with Gasteiger partial charge in [-0.15, -0.1) is 11.8 Å². The van der Waals surface area contributed by atoms with E-state index >= 15 is 0 Å². The number of nitrogens with zero attached hydrogens (tertiary/aromatic N) is 4. The molecule has 2 aromatic heterocycles. The molecule has 3 heterocycles. The number of benzene rings is 1. The molecule has 0 aliphatic carbocycles. The molecule has 6 heteroatoms. The molecule has 0 saturated carbocycles. The van der Waals surface area contributed by atoms with E-state index in [0.29, 0.717) is 5.25 Å². The summed E-state index contributed by atoms with van der Waals surface area (Å²) in [7, 11) is 2.19. The highest BCUT2D eigenvalue weighted by atomic mass is 32.2. The first-order chi connectivity index (χ1) is 12.7. The van der Waals surface area contributed by atoms with Gasteiger partial charge in [0.05, 0.1) is 17.0 Å². The van der Waals surface area contributed by atoms with Crippen molar-refractivity contribution >= 4 is 11.8 Å². The average molecular weight is 366 g/mol. The van der Waals surface area contributed by atoms with Gasteiger partial charge in [0.15, 0.2) is 0 Å². The maximum absolute atomic E-state index is 4.67. The molecule has 5 nitrogen and oxygen atoms in total. The van der Waals surface area contributed by atoms with Crippen LogP contribution in [-0.4, -0.2) is 50.5 Å². The van der Waals surface area contributed by atoms with E-state index < -0.39 is 0 Å². The van der Waals surface area contributed by atoms with Crippen LogP contribution >= 0.6 is 11.8 Å². The lowest BCUT2D eigenvalue weighted by Crippen LogP contribution is -2.31. The first kappa shape index (κ1) is 17.2. The van der Waals surface area contributed by atoms with Crippen LogP contribution in [0.3, 0.4) is 0 Å². The summed E-state index contributed by atoms with van der Waals surface area (Å²) < 4.78 is 0. The van der Waals surface area contributed by atoms with Crippen LogP contribution in [0.15, 0.2) is 47.9 Å². The molecule has 0 radical (unpaired) electrons. The average Bonchev–Trinajstić information content (AvgIpc) is 3.08. The van der Waals surface area contributed by atoms with E-state index in [1.54, 1.807) is 12.5 Å². The third-order valence-corrected chi connectivity index (χ3v) is 6.18. The lowest BCUT2D eigenvalue weighted by atomic mass is 10.0. The van der Waals surface area contributed by atoms with Crippen LogP contribution in [0.25, 0.3) is 22.5 Å². The summed E-state index contributed by atoms with van der Waals surface area (Å²) in [4.78, 5) is 11.0. The summed E-state index contributed by atoms with van der Waals surface area (Å²) in [5.74, 6) is 0. The number of aryl methyl sites for hydroxylation is 1. The number of thioether (sulfide) groups is 1. The number of aromatic amines is 1. The molecular weight excluding hydrogens is 342 g/mol. The quantitative estimate of drug-likeness (QED) is 0.756. The van der Waals surface area contributed by atoms with Gasteiger partial charge in [0.1, 0.15) is 11.4 Å². The summed E-state index contributed by atoms with van der Waals surface area (Å²) >= 11 is 1.88. The van der Waals surface area contributed by atoms with E-state index in [-0.39, 0.29) is 0 Å². The summed E-state index contributed by atoms with van der Waals surface area (Å²) in [6.07, 6.45) is 5.78. The number of piperidine rings is 1. The summed E-state index contributed by atoms with van der Waals surface area (Å²) in [6, 6.07) is 10.5. The van der Waals surface area contributed by atoms with Gasteiger partial charge in [0.25, 0.3) is 0 Å². The van der Waals surface area contributed by atoms with Crippen molar-refractivity contribution in [3.05, 3.63) is 48.4 Å². The number of hydrogen-bond acceptors (Lipinski definition) is 5. The molecule has 26 heavy (non-hydrogen) atoms. The molecular formula is C20H23N5S. The van der Waals surface area contributed by atoms with Gasteiger partial charge >= 0.3 is 0 Å². The van der Waals surface area contributed by atoms with Gasteiger partial charge in [-0.2, -0.15) is 5.10 Å². The minimum atomic E-state index is 0.598. The van der Waals surface area contributed by atoms with Gasteiger partial charge in [-0.25, -0.2) is 9.97 Å². The van der Waals surface area contributed by atoms with Crippen molar-refractivity contribution in [2.24, 2.45) is 0 Å². The van der Waals surface area contributed by atoms with Crippen LogP contribution < -0.4 is 0 Å². The molecule has 1 fully saturated rings. The highest BCUT2D eigenvalue weighted by Gasteiger charge is 2.23. The molecule has 0 unspecified atom stereocenters. The third kappa shape index (κ3) is 3.66. The minimum Gasteiger partial charge on any atom is -0.306 e. The van der Waals surface area contributed by atoms with Gasteiger partial charge in [-0.3, -0.25) is 5.10 Å². The van der Waals surface area contributed by atoms with Crippen LogP contribution in [0.4, 0.5) is 0 Å². The molecule has 0 atom stereocenters. The van der Waals surface area contributed by atoms with Crippen LogP contribution in [0, 0.1) is 6.92 Å². The molecule has 134 valence electrons. The Morgan fingerprint density at radius 1 is 1.12 bits per heavy atom. The maximum Gasteiger partial charge on any atom is 0.128 e. The Kier molecular flexibility index (Phi) is 5.04. The Bertz CT molecular complexity index is 852. The molecule has 1 aliphatic rings. The summed E-state index contributed by atoms with van der Waals surface area (Å²) in [6.45, 7) is 4.40. The topological polar surface area (TPSA) is 57.7 Å². The first-order valence-electron chi connectivity index (χ1n) is 8.97. The van der Waals surface area contributed by atoms with Crippen LogP contribution in [0.2, 0.25) is 0 Å². The number of hydrogen-bond donors (Lipinski definition) is 1. The lowest BCUT2D eigenvalue weighted by molar-refractivity contribution is 0.282. The Morgan fingerprint density at radius 2 is 1.88 bits per heavy atom. The van der Waals surface area contributed by atoms with Gasteiger partial charge in [-0.05, 0) is 46.0 Å². The van der Waals surface area contributed by atoms with Crippen molar-refractivity contribution in [1.82, 2.24) is 25.1 Å². The molecule has 1 aromatic carbocycles. The van der Waals surface area contributed by atoms with E-state index in [1.165, 1.54) is 18.4 Å². The Morgan fingerprint density at radius 3 is 2.58 bits per heavy atom. The predicted octanol–water partition coefficient (Wildman–Crippen LogP) is 4.03. The molecule has 1 aliphatic heterocycles. The zero-order valence-electron chi connectivity index (χ0n) is 15.1. The zero-order valence-corrected chi connectivity index (χ0v) is 16.0. The fourth-order valence-corrected chi connectivity index (χ4v) is 4.46. The third-order valence-electron chi connectivity index (χ3n) is 4.86. The smallest absolute Gasteiger partial charge is 0.128 e. The SMILES string of the molecule is Cc1ccc(-c2[nH]nc(SC3CCN(C)CC3)c2-c2ccncn2)cc1. The van der Waals surface area contributed by atoms with E-state index in [0.717, 1.165) is 40.6 Å². The van der Waals surface area contributed by atoms with E-state index in [1.807, 2.05) is 17.8 Å². The van der Waals surface area contributed by atoms with Crippen molar-refractivity contribution in [1.29, 1.82) is 0 Å². The number of nitrogens with one attached hydrogen (secondary N) is 1. The standard InChI is InChI=1S/C20H23N5S/c1-14-3-5-15(6-4-14)19-18(17-7-10-21-13-22-17)20(24-23-19)26-16-8-11-25(2)12-9-16/h3-7,10,13,16H,8-9,11-12H2,1-2H3,(H,23,24). The first-order valence-corrected chi connectivity index (χ1v) is 9.85. The highest BCUT2D eigenvalue weighted by molar-refractivity contribution is 8.00. The number of aromatic nitrogens is 4. The zero-order chi connectivity index (χ0) is 17.9. The van der Waals surface area contributed by atoms with Crippen molar-refractivity contribution in [2.45, 2.75) is 30.0 Å². The van der Waals surface area contributed by atoms with Gasteiger partial charge in [0.2, 0.25) is 0 Å². The van der Waals surface area contributed by atoms with Gasteiger partial charge in [-0.1, -0.05) is 29.8 Å². The number of H-pyrrole nitrogens is 1. The van der Waals surface area contributed by atoms with Crippen LogP contribution in [0.1, 0.15) is 18.4 Å². The molecule has 1 N–H and O–H groups in total. The Labute approximate surface area is 158 Å². The minimum absolute atomic E-state index is 0.598. The van der Waals surface area contributed by atoms with E-state index in [4.69, 9.17) is 0 Å². The lowest BCUT2D eigenvalue weighted by Gasteiger charge is -2.28. The molecule has 0 bridgehead atoms. The number of likely N-dealkylation sites (tertiary alicyclic amines) is 1. The Hall–Kier alpha value is -2.18. The van der Waals surface area contributed by atoms with E-state index in [2.05, 4.69) is 63.3 Å². The van der Waals surface area contributed by atoms with E-state index in [9.17, 15) is 0 Å². The van der Waals surface area contributed by atoms with Gasteiger partial charge in [0, 0.05) is 17.0 Å². The second-order valence-electron chi connectivity index (χ2n) is 6.86. The highest BCUT2D eigenvalue weighted by Crippen LogP contribution is 2.40. The predicted molar refractivity (Wildman–Crippen MR) is 106 cm³/mol. The normalized spacial score (nSPS) is 16.1. The fraction of sp³-hybridized carbons (Fsp3) is 0.350. The molecule has 4 rings (SSSR count). The van der Waals surface area contributed by atoms with Crippen molar-refractivity contribution < 1.29 is 0 Å². The van der Waals surface area contributed by atoms with Gasteiger partial charge < -0.3 is 4.90 Å². The summed E-state index contributed by atoms with van der Waals surface area (Å²) in [5.41, 5.74) is 5.41. The second kappa shape index (κ2) is 7.60.